The van der Waals surface area contributed by atoms with Crippen LogP contribution >= 0.6 is 11.6 Å². The van der Waals surface area contributed by atoms with Gasteiger partial charge in [-0.05, 0) is 36.4 Å². The molecule has 144 valence electrons. The van der Waals surface area contributed by atoms with Crippen molar-refractivity contribution < 1.29 is 19.1 Å². The summed E-state index contributed by atoms with van der Waals surface area (Å²) in [6.45, 7) is 0. The van der Waals surface area contributed by atoms with Crippen LogP contribution < -0.4 is 20.3 Å². The Bertz CT molecular complexity index is 1000. The van der Waals surface area contributed by atoms with Gasteiger partial charge in [-0.25, -0.2) is 0 Å². The summed E-state index contributed by atoms with van der Waals surface area (Å²) < 4.78 is 12.1. The van der Waals surface area contributed by atoms with E-state index < -0.39 is 11.8 Å². The van der Waals surface area contributed by atoms with E-state index >= 15 is 0 Å². The first kappa shape index (κ1) is 19.3. The van der Waals surface area contributed by atoms with Crippen molar-refractivity contribution in [1.82, 2.24) is 15.4 Å². The lowest BCUT2D eigenvalue weighted by Gasteiger charge is -2.13. The number of carbonyl (C=O) groups excluding carboxylic acids is 2. The molecule has 0 aliphatic carbocycles. The number of para-hydroxylation sites is 1. The lowest BCUT2D eigenvalue weighted by molar-refractivity contribution is 0.0846. The summed E-state index contributed by atoms with van der Waals surface area (Å²) in [5.41, 5.74) is 6.11. The maximum atomic E-state index is 12.6. The molecule has 1 aromatic heterocycles. The SMILES string of the molecule is COc1cc(C(=O)NNC(=O)c2ccccc2-n2cccc2)cc(Cl)c1OC. The third-order valence-electron chi connectivity index (χ3n) is 4.02. The second-order valence-corrected chi connectivity index (χ2v) is 6.12. The average Bonchev–Trinajstić information content (AvgIpc) is 3.25. The van der Waals surface area contributed by atoms with Crippen LogP contribution in [0.2, 0.25) is 5.02 Å². The molecule has 0 saturated carbocycles. The molecule has 0 atom stereocenters. The van der Waals surface area contributed by atoms with E-state index in [0.717, 1.165) is 0 Å². The molecule has 0 radical (unpaired) electrons. The molecule has 0 aliphatic rings. The number of aromatic nitrogens is 1. The third-order valence-corrected chi connectivity index (χ3v) is 4.30. The summed E-state index contributed by atoms with van der Waals surface area (Å²) in [5.74, 6) is -0.367. The predicted molar refractivity (Wildman–Crippen MR) is 105 cm³/mol. The van der Waals surface area contributed by atoms with Gasteiger partial charge in [-0.15, -0.1) is 0 Å². The number of carbonyl (C=O) groups is 2. The monoisotopic (exact) mass is 399 g/mol. The van der Waals surface area contributed by atoms with Crippen LogP contribution in [0.1, 0.15) is 20.7 Å². The van der Waals surface area contributed by atoms with Crippen LogP contribution in [0.25, 0.3) is 5.69 Å². The molecule has 2 amide bonds. The molecule has 2 N–H and O–H groups in total. The number of rotatable bonds is 5. The van der Waals surface area contributed by atoms with Gasteiger partial charge in [0.1, 0.15) is 0 Å². The normalized spacial score (nSPS) is 10.2. The first-order valence-electron chi connectivity index (χ1n) is 8.29. The molecule has 0 spiro atoms. The standard InChI is InChI=1S/C20H18ClN3O4/c1-27-17-12-13(11-15(21)18(17)28-2)19(25)22-23-20(26)14-7-3-4-8-16(14)24-9-5-6-10-24/h3-12H,1-2H3,(H,22,25)(H,23,26). The number of amides is 2. The minimum atomic E-state index is -0.547. The highest BCUT2D eigenvalue weighted by atomic mass is 35.5. The van der Waals surface area contributed by atoms with Crippen LogP contribution in [0.3, 0.4) is 0 Å². The smallest absolute Gasteiger partial charge is 0.271 e. The molecule has 3 rings (SSSR count). The summed E-state index contributed by atoms with van der Waals surface area (Å²) in [4.78, 5) is 25.0. The minimum Gasteiger partial charge on any atom is -0.493 e. The fourth-order valence-corrected chi connectivity index (χ4v) is 2.98. The molecule has 3 aromatic rings. The zero-order valence-corrected chi connectivity index (χ0v) is 16.0. The predicted octanol–water partition coefficient (Wildman–Crippen LogP) is 3.22. The topological polar surface area (TPSA) is 81.6 Å². The molecular weight excluding hydrogens is 382 g/mol. The van der Waals surface area contributed by atoms with E-state index in [1.165, 1.54) is 26.4 Å². The lowest BCUT2D eigenvalue weighted by atomic mass is 10.1. The van der Waals surface area contributed by atoms with E-state index in [4.69, 9.17) is 21.1 Å². The van der Waals surface area contributed by atoms with E-state index in [1.807, 2.05) is 41.2 Å². The molecule has 0 unspecified atom stereocenters. The van der Waals surface area contributed by atoms with Gasteiger partial charge in [-0.1, -0.05) is 23.7 Å². The summed E-state index contributed by atoms with van der Waals surface area (Å²) in [5, 5.41) is 0.219. The molecule has 0 bridgehead atoms. The number of ether oxygens (including phenoxy) is 2. The Morgan fingerprint density at radius 3 is 2.29 bits per heavy atom. The Morgan fingerprint density at radius 2 is 1.61 bits per heavy atom. The Hall–Kier alpha value is -3.45. The third kappa shape index (κ3) is 3.94. The van der Waals surface area contributed by atoms with Gasteiger partial charge in [0, 0.05) is 18.0 Å². The maximum Gasteiger partial charge on any atom is 0.271 e. The van der Waals surface area contributed by atoms with Crippen molar-refractivity contribution in [3.8, 4) is 17.2 Å². The van der Waals surface area contributed by atoms with Crippen molar-refractivity contribution in [2.75, 3.05) is 14.2 Å². The lowest BCUT2D eigenvalue weighted by Crippen LogP contribution is -2.42. The van der Waals surface area contributed by atoms with Gasteiger partial charge >= 0.3 is 0 Å². The fourth-order valence-electron chi connectivity index (χ4n) is 2.69. The number of hydrazine groups is 1. The van der Waals surface area contributed by atoms with Crippen molar-refractivity contribution in [2.24, 2.45) is 0 Å². The number of halogens is 1. The van der Waals surface area contributed by atoms with Gasteiger partial charge in [-0.2, -0.15) is 0 Å². The van der Waals surface area contributed by atoms with Crippen LogP contribution in [0.15, 0.2) is 60.9 Å². The molecule has 8 heteroatoms. The summed E-state index contributed by atoms with van der Waals surface area (Å²) >= 11 is 6.12. The molecule has 2 aromatic carbocycles. The van der Waals surface area contributed by atoms with Crippen molar-refractivity contribution in [2.45, 2.75) is 0 Å². The van der Waals surface area contributed by atoms with E-state index in [1.54, 1.807) is 12.1 Å². The fraction of sp³-hybridized carbons (Fsp3) is 0.100. The summed E-state index contributed by atoms with van der Waals surface area (Å²) in [7, 11) is 2.89. The molecule has 0 fully saturated rings. The van der Waals surface area contributed by atoms with Crippen LogP contribution in [0, 0.1) is 0 Å². The van der Waals surface area contributed by atoms with E-state index in [-0.39, 0.29) is 10.6 Å². The number of nitrogens with one attached hydrogen (secondary N) is 2. The van der Waals surface area contributed by atoms with E-state index in [2.05, 4.69) is 10.9 Å². The Labute approximate surface area is 166 Å². The van der Waals surface area contributed by atoms with Crippen molar-refractivity contribution in [3.63, 3.8) is 0 Å². The minimum absolute atomic E-state index is 0.210. The summed E-state index contributed by atoms with van der Waals surface area (Å²) in [6.07, 6.45) is 3.66. The Kier molecular flexibility index (Phi) is 5.86. The van der Waals surface area contributed by atoms with Crippen molar-refractivity contribution in [1.29, 1.82) is 0 Å². The Balaban J connectivity index is 1.76. The van der Waals surface area contributed by atoms with Crippen LogP contribution in [-0.2, 0) is 0 Å². The second-order valence-electron chi connectivity index (χ2n) is 5.71. The molecule has 7 nitrogen and oxygen atoms in total. The zero-order valence-electron chi connectivity index (χ0n) is 15.2. The highest BCUT2D eigenvalue weighted by Gasteiger charge is 2.17. The molecule has 0 aliphatic heterocycles. The van der Waals surface area contributed by atoms with Gasteiger partial charge in [-0.3, -0.25) is 20.4 Å². The number of methoxy groups -OCH3 is 2. The summed E-state index contributed by atoms with van der Waals surface area (Å²) in [6, 6.07) is 13.7. The molecule has 28 heavy (non-hydrogen) atoms. The van der Waals surface area contributed by atoms with Crippen LogP contribution in [-0.4, -0.2) is 30.6 Å². The average molecular weight is 400 g/mol. The van der Waals surface area contributed by atoms with Gasteiger partial charge in [0.15, 0.2) is 11.5 Å². The van der Waals surface area contributed by atoms with Crippen molar-refractivity contribution >= 4 is 23.4 Å². The zero-order chi connectivity index (χ0) is 20.1. The first-order chi connectivity index (χ1) is 13.5. The molecule has 1 heterocycles. The largest absolute Gasteiger partial charge is 0.493 e. The van der Waals surface area contributed by atoms with Gasteiger partial charge < -0.3 is 14.0 Å². The van der Waals surface area contributed by atoms with Crippen LogP contribution in [0.4, 0.5) is 0 Å². The van der Waals surface area contributed by atoms with Gasteiger partial charge in [0.2, 0.25) is 0 Å². The highest BCUT2D eigenvalue weighted by molar-refractivity contribution is 6.32. The first-order valence-corrected chi connectivity index (χ1v) is 8.67. The maximum absolute atomic E-state index is 12.6. The molecule has 0 saturated heterocycles. The van der Waals surface area contributed by atoms with E-state index in [9.17, 15) is 9.59 Å². The number of benzene rings is 2. The second kappa shape index (κ2) is 8.49. The Morgan fingerprint density at radius 1 is 0.929 bits per heavy atom. The highest BCUT2D eigenvalue weighted by Crippen LogP contribution is 2.35. The van der Waals surface area contributed by atoms with Gasteiger partial charge in [0.05, 0.1) is 30.5 Å². The van der Waals surface area contributed by atoms with Crippen LogP contribution in [0.5, 0.6) is 11.5 Å². The number of nitrogens with zero attached hydrogens (tertiary/aromatic N) is 1. The quantitative estimate of drug-likeness (QED) is 0.645. The van der Waals surface area contributed by atoms with Crippen molar-refractivity contribution in [3.05, 3.63) is 77.1 Å². The number of hydrogen-bond acceptors (Lipinski definition) is 4. The number of hydrogen-bond donors (Lipinski definition) is 2. The van der Waals surface area contributed by atoms with Gasteiger partial charge in [0.25, 0.3) is 11.8 Å². The van der Waals surface area contributed by atoms with E-state index in [0.29, 0.717) is 22.7 Å². The molecular formula is C20H18ClN3O4.